The van der Waals surface area contributed by atoms with E-state index in [0.717, 1.165) is 114 Å². The lowest BCUT2D eigenvalue weighted by atomic mass is 9.99. The van der Waals surface area contributed by atoms with Gasteiger partial charge in [-0.25, -0.2) is 9.13 Å². The second kappa shape index (κ2) is 66.3. The molecule has 0 aromatic carbocycles. The molecule has 3 N–H and O–H groups in total. The van der Waals surface area contributed by atoms with Crippen molar-refractivity contribution in [2.75, 3.05) is 39.6 Å². The maximum atomic E-state index is 13.1. The van der Waals surface area contributed by atoms with Crippen molar-refractivity contribution in [3.63, 3.8) is 0 Å². The molecule has 0 aliphatic carbocycles. The summed E-state index contributed by atoms with van der Waals surface area (Å²) in [5.74, 6) is 0.943. The quantitative estimate of drug-likeness (QED) is 0.0222. The van der Waals surface area contributed by atoms with E-state index >= 15 is 0 Å². The topological polar surface area (TPSA) is 237 Å². The van der Waals surface area contributed by atoms with Gasteiger partial charge in [-0.15, -0.1) is 0 Å². The van der Waals surface area contributed by atoms with Crippen molar-refractivity contribution in [2.24, 2.45) is 23.7 Å². The van der Waals surface area contributed by atoms with Crippen LogP contribution in [0.4, 0.5) is 0 Å². The zero-order valence-corrected chi connectivity index (χ0v) is 64.8. The zero-order valence-electron chi connectivity index (χ0n) is 63.0. The van der Waals surface area contributed by atoms with E-state index in [9.17, 15) is 43.2 Å². The lowest BCUT2D eigenvalue weighted by Gasteiger charge is -2.21. The van der Waals surface area contributed by atoms with Gasteiger partial charge < -0.3 is 33.8 Å². The molecular formula is C77H150O17P2. The molecule has 0 aliphatic rings. The first kappa shape index (κ1) is 94.1. The van der Waals surface area contributed by atoms with Gasteiger partial charge in [-0.05, 0) is 49.4 Å². The third-order valence-corrected chi connectivity index (χ3v) is 20.1. The van der Waals surface area contributed by atoms with Crippen molar-refractivity contribution in [1.82, 2.24) is 0 Å². The lowest BCUT2D eigenvalue weighted by molar-refractivity contribution is -0.161. The van der Waals surface area contributed by atoms with Crippen LogP contribution in [0.3, 0.4) is 0 Å². The summed E-state index contributed by atoms with van der Waals surface area (Å²) in [5, 5.41) is 10.6. The predicted molar refractivity (Wildman–Crippen MR) is 391 cm³/mol. The molecule has 3 unspecified atom stereocenters. The Bertz CT molecular complexity index is 1890. The van der Waals surface area contributed by atoms with Crippen molar-refractivity contribution >= 4 is 39.5 Å². The van der Waals surface area contributed by atoms with Crippen LogP contribution < -0.4 is 0 Å². The molecule has 0 saturated heterocycles. The molecule has 0 amide bonds. The number of esters is 4. The SMILES string of the molecule is CCC(C)CCCCCCCCCCCCCCCCC(=O)O[C@H](COC(=O)CCCCCCCCCCCC(C)C)COP(=O)(O)OC[C@@H](O)COP(=O)(O)OC[C@@H](COC(=O)CCCCCCCCC(C)C)OC(=O)CCCCCCCCCCCCCCCCC(C)C. The molecule has 0 spiro atoms. The molecule has 0 bridgehead atoms. The molecule has 0 saturated carbocycles. The number of hydrogen-bond acceptors (Lipinski definition) is 15. The van der Waals surface area contributed by atoms with Crippen molar-refractivity contribution in [3.8, 4) is 0 Å². The predicted octanol–water partition coefficient (Wildman–Crippen LogP) is 22.4. The monoisotopic (exact) mass is 1410 g/mol. The zero-order chi connectivity index (χ0) is 71.0. The van der Waals surface area contributed by atoms with E-state index in [1.807, 2.05) is 0 Å². The molecule has 0 heterocycles. The van der Waals surface area contributed by atoms with Gasteiger partial charge in [-0.3, -0.25) is 37.3 Å². The molecule has 0 aromatic heterocycles. The number of carbonyl (C=O) groups excluding carboxylic acids is 4. The fraction of sp³-hybridized carbons (Fsp3) is 0.948. The summed E-state index contributed by atoms with van der Waals surface area (Å²) in [7, 11) is -9.91. The molecular weight excluding hydrogens is 1260 g/mol. The maximum absolute atomic E-state index is 13.1. The van der Waals surface area contributed by atoms with Crippen LogP contribution in [0.25, 0.3) is 0 Å². The highest BCUT2D eigenvalue weighted by atomic mass is 31.2. The standard InChI is InChI=1S/C77H150O17P2/c1-9-70(8)56-48-40-31-25-19-15-11-13-17-21-27-34-44-52-59-76(81)93-72(63-87-74(79)57-49-41-32-28-22-24-30-38-46-54-68(4)5)65-91-95(83,84)89-61-71(78)62-90-96(85,86)92-66-73(64-88-75(80)58-50-42-36-35-39-47-55-69(6)7)94-77(82)60-51-43-33-26-20-16-12-10-14-18-23-29-37-45-53-67(2)3/h67-73,78H,9-66H2,1-8H3,(H,83,84)(H,85,86)/t70?,71-,72-,73-/m1/s1. The fourth-order valence-corrected chi connectivity index (χ4v) is 13.3. The summed E-state index contributed by atoms with van der Waals surface area (Å²) in [4.78, 5) is 72.8. The van der Waals surface area contributed by atoms with Gasteiger partial charge >= 0.3 is 39.5 Å². The molecule has 0 radical (unpaired) electrons. The van der Waals surface area contributed by atoms with Gasteiger partial charge in [0.05, 0.1) is 26.4 Å². The molecule has 17 nitrogen and oxygen atoms in total. The van der Waals surface area contributed by atoms with Crippen molar-refractivity contribution in [1.29, 1.82) is 0 Å². The number of carbonyl (C=O) groups is 4. The minimum absolute atomic E-state index is 0.106. The van der Waals surface area contributed by atoms with E-state index in [-0.39, 0.29) is 25.7 Å². The fourth-order valence-electron chi connectivity index (χ4n) is 11.7. The van der Waals surface area contributed by atoms with Gasteiger partial charge in [0.1, 0.15) is 19.3 Å². The third kappa shape index (κ3) is 69.2. The second-order valence-corrected chi connectivity index (χ2v) is 32.3. The highest BCUT2D eigenvalue weighted by molar-refractivity contribution is 7.47. The Labute approximate surface area is 588 Å². The molecule has 0 rings (SSSR count). The first-order chi connectivity index (χ1) is 46.1. The Hall–Kier alpha value is -1.94. The molecule has 96 heavy (non-hydrogen) atoms. The summed E-state index contributed by atoms with van der Waals surface area (Å²) in [6, 6.07) is 0. The molecule has 570 valence electrons. The van der Waals surface area contributed by atoms with Crippen LogP contribution in [0.5, 0.6) is 0 Å². The molecule has 19 heteroatoms. The number of ether oxygens (including phenoxy) is 4. The lowest BCUT2D eigenvalue weighted by Crippen LogP contribution is -2.30. The van der Waals surface area contributed by atoms with Crippen molar-refractivity contribution < 1.29 is 80.2 Å². The molecule has 0 fully saturated rings. The highest BCUT2D eigenvalue weighted by Gasteiger charge is 2.30. The minimum Gasteiger partial charge on any atom is -0.462 e. The summed E-state index contributed by atoms with van der Waals surface area (Å²) in [6.07, 6.45) is 51.4. The normalized spacial score (nSPS) is 14.4. The Balaban J connectivity index is 5.22. The van der Waals surface area contributed by atoms with Crippen LogP contribution in [0.2, 0.25) is 0 Å². The largest absolute Gasteiger partial charge is 0.472 e. The Morgan fingerprint density at radius 3 is 0.740 bits per heavy atom. The minimum atomic E-state index is -4.96. The van der Waals surface area contributed by atoms with Crippen LogP contribution >= 0.6 is 15.6 Å². The van der Waals surface area contributed by atoms with Crippen LogP contribution in [-0.4, -0.2) is 96.7 Å². The Kier molecular flexibility index (Phi) is 65.0. The number of phosphoric ester groups is 2. The second-order valence-electron chi connectivity index (χ2n) is 29.4. The van der Waals surface area contributed by atoms with E-state index in [0.29, 0.717) is 31.6 Å². The van der Waals surface area contributed by atoms with E-state index in [1.165, 1.54) is 186 Å². The van der Waals surface area contributed by atoms with Gasteiger partial charge in [0.15, 0.2) is 12.2 Å². The Morgan fingerprint density at radius 2 is 0.500 bits per heavy atom. The van der Waals surface area contributed by atoms with Crippen LogP contribution in [0.1, 0.15) is 389 Å². The molecule has 6 atom stereocenters. The van der Waals surface area contributed by atoms with Crippen LogP contribution in [0, 0.1) is 23.7 Å². The first-order valence-corrected chi connectivity index (χ1v) is 42.7. The van der Waals surface area contributed by atoms with Crippen LogP contribution in [0.15, 0.2) is 0 Å². The van der Waals surface area contributed by atoms with Gasteiger partial charge in [0.2, 0.25) is 0 Å². The third-order valence-electron chi connectivity index (χ3n) is 18.2. The van der Waals surface area contributed by atoms with Gasteiger partial charge in [0, 0.05) is 25.7 Å². The van der Waals surface area contributed by atoms with Crippen molar-refractivity contribution in [3.05, 3.63) is 0 Å². The van der Waals surface area contributed by atoms with E-state index < -0.39 is 97.5 Å². The number of unbranched alkanes of at least 4 members (excludes halogenated alkanes) is 39. The maximum Gasteiger partial charge on any atom is 0.472 e. The summed E-state index contributed by atoms with van der Waals surface area (Å²) in [5.41, 5.74) is 0. The average molecular weight is 1410 g/mol. The number of aliphatic hydroxyl groups is 1. The van der Waals surface area contributed by atoms with Gasteiger partial charge in [-0.2, -0.15) is 0 Å². The summed E-state index contributed by atoms with van der Waals surface area (Å²) >= 11 is 0. The highest BCUT2D eigenvalue weighted by Crippen LogP contribution is 2.45. The average Bonchev–Trinajstić information content (AvgIpc) is 1.20. The smallest absolute Gasteiger partial charge is 0.462 e. The van der Waals surface area contributed by atoms with Gasteiger partial charge in [0.25, 0.3) is 0 Å². The number of hydrogen-bond donors (Lipinski definition) is 3. The number of rotatable bonds is 74. The van der Waals surface area contributed by atoms with E-state index in [1.54, 1.807) is 0 Å². The van der Waals surface area contributed by atoms with Crippen LogP contribution in [-0.2, 0) is 65.4 Å². The molecule has 0 aromatic rings. The number of aliphatic hydroxyl groups excluding tert-OH is 1. The van der Waals surface area contributed by atoms with E-state index in [2.05, 4.69) is 55.4 Å². The molecule has 0 aliphatic heterocycles. The summed E-state index contributed by atoms with van der Waals surface area (Å²) < 4.78 is 68.5. The van der Waals surface area contributed by atoms with Crippen molar-refractivity contribution in [2.45, 2.75) is 408 Å². The number of phosphoric acid groups is 2. The summed E-state index contributed by atoms with van der Waals surface area (Å²) in [6.45, 7) is 14.2. The Morgan fingerprint density at radius 1 is 0.292 bits per heavy atom. The first-order valence-electron chi connectivity index (χ1n) is 39.7. The van der Waals surface area contributed by atoms with E-state index in [4.69, 9.17) is 37.0 Å². The van der Waals surface area contributed by atoms with Gasteiger partial charge in [-0.1, -0.05) is 338 Å².